The lowest BCUT2D eigenvalue weighted by atomic mass is 10.1. The first kappa shape index (κ1) is 15.8. The van der Waals surface area contributed by atoms with Crippen molar-refractivity contribution >= 4 is 35.2 Å². The number of carbonyl (C=O) groups excluding carboxylic acids is 2. The Morgan fingerprint density at radius 3 is 2.62 bits per heavy atom. The van der Waals surface area contributed by atoms with Crippen molar-refractivity contribution in [3.8, 4) is 5.69 Å². The van der Waals surface area contributed by atoms with Gasteiger partial charge in [-0.3, -0.25) is 19.8 Å². The molecule has 0 saturated carbocycles. The average molecular weight is 338 g/mol. The van der Waals surface area contributed by atoms with Gasteiger partial charge in [-0.25, -0.2) is 4.98 Å². The largest absolute Gasteiger partial charge is 0.306 e. The van der Waals surface area contributed by atoms with Gasteiger partial charge in [0.1, 0.15) is 5.57 Å². The molecule has 0 unspecified atom stereocenters. The van der Waals surface area contributed by atoms with Gasteiger partial charge >= 0.3 is 0 Å². The molecule has 2 aromatic rings. The summed E-state index contributed by atoms with van der Waals surface area (Å²) in [5, 5.41) is 2.61. The molecule has 0 atom stereocenters. The summed E-state index contributed by atoms with van der Waals surface area (Å²) < 4.78 is 1.86. The number of amides is 2. The van der Waals surface area contributed by atoms with E-state index in [0.29, 0.717) is 0 Å². The number of aromatic nitrogens is 2. The van der Waals surface area contributed by atoms with Gasteiger partial charge < -0.3 is 4.57 Å². The summed E-state index contributed by atoms with van der Waals surface area (Å²) in [6, 6.07) is 7.41. The first-order valence-electron chi connectivity index (χ1n) is 7.18. The maximum absolute atomic E-state index is 12.4. The van der Waals surface area contributed by atoms with Crippen LogP contribution in [-0.4, -0.2) is 37.9 Å². The van der Waals surface area contributed by atoms with E-state index in [9.17, 15) is 9.59 Å². The highest BCUT2D eigenvalue weighted by Crippen LogP contribution is 2.16. The van der Waals surface area contributed by atoms with Crippen LogP contribution in [0.3, 0.4) is 0 Å². The molecule has 24 heavy (non-hydrogen) atoms. The van der Waals surface area contributed by atoms with Gasteiger partial charge in [0.05, 0.1) is 6.33 Å². The van der Waals surface area contributed by atoms with Crippen molar-refractivity contribution in [2.45, 2.75) is 0 Å². The number of hydrogen-bond acceptors (Lipinski definition) is 4. The third-order valence-electron chi connectivity index (χ3n) is 3.50. The molecule has 0 aliphatic carbocycles. The van der Waals surface area contributed by atoms with E-state index in [1.54, 1.807) is 24.7 Å². The molecule has 0 bridgehead atoms. The summed E-state index contributed by atoms with van der Waals surface area (Å²) in [6.45, 7) is 3.84. The fourth-order valence-corrected chi connectivity index (χ4v) is 2.56. The normalized spacial score (nSPS) is 16.4. The lowest BCUT2D eigenvalue weighted by Crippen LogP contribution is -2.53. The molecule has 1 aromatic carbocycles. The molecule has 0 spiro atoms. The number of thiocarbonyl (C=S) groups is 1. The van der Waals surface area contributed by atoms with Crippen molar-refractivity contribution < 1.29 is 9.59 Å². The van der Waals surface area contributed by atoms with Crippen LogP contribution in [0.2, 0.25) is 0 Å². The summed E-state index contributed by atoms with van der Waals surface area (Å²) >= 11 is 5.02. The Morgan fingerprint density at radius 2 is 2.00 bits per heavy atom. The lowest BCUT2D eigenvalue weighted by molar-refractivity contribution is -0.128. The molecule has 1 saturated heterocycles. The van der Waals surface area contributed by atoms with E-state index in [2.05, 4.69) is 16.9 Å². The molecule has 2 amide bonds. The number of benzene rings is 1. The summed E-state index contributed by atoms with van der Waals surface area (Å²) in [4.78, 5) is 29.8. The predicted octanol–water partition coefficient (Wildman–Crippen LogP) is 1.68. The van der Waals surface area contributed by atoms with Crippen LogP contribution in [-0.2, 0) is 9.59 Å². The SMILES string of the molecule is C=CCN1C(=O)C(=Cc2ccc(-n3ccnc3)cc2)C(=O)NC1=S. The Kier molecular flexibility index (Phi) is 4.35. The van der Waals surface area contributed by atoms with E-state index in [-0.39, 0.29) is 17.2 Å². The van der Waals surface area contributed by atoms with Gasteiger partial charge in [0.25, 0.3) is 11.8 Å². The van der Waals surface area contributed by atoms with Gasteiger partial charge in [-0.2, -0.15) is 0 Å². The van der Waals surface area contributed by atoms with Gasteiger partial charge in [0, 0.05) is 24.6 Å². The maximum atomic E-state index is 12.4. The highest BCUT2D eigenvalue weighted by Gasteiger charge is 2.32. The molecular formula is C17H14N4O2S. The summed E-state index contributed by atoms with van der Waals surface area (Å²) in [6.07, 6.45) is 8.32. The molecule has 7 heteroatoms. The van der Waals surface area contributed by atoms with E-state index >= 15 is 0 Å². The van der Waals surface area contributed by atoms with Crippen molar-refractivity contribution in [2.24, 2.45) is 0 Å². The molecule has 0 radical (unpaired) electrons. The van der Waals surface area contributed by atoms with E-state index in [0.717, 1.165) is 11.3 Å². The fraction of sp³-hybridized carbons (Fsp3) is 0.0588. The molecule has 3 rings (SSSR count). The van der Waals surface area contributed by atoms with E-state index in [1.165, 1.54) is 4.90 Å². The number of hydrogen-bond donors (Lipinski definition) is 1. The Morgan fingerprint density at radius 1 is 1.25 bits per heavy atom. The zero-order valence-corrected chi connectivity index (χ0v) is 13.5. The van der Waals surface area contributed by atoms with Gasteiger partial charge in [-0.15, -0.1) is 6.58 Å². The average Bonchev–Trinajstić information content (AvgIpc) is 3.10. The summed E-state index contributed by atoms with van der Waals surface area (Å²) in [7, 11) is 0. The molecule has 2 heterocycles. The highest BCUT2D eigenvalue weighted by molar-refractivity contribution is 7.80. The second kappa shape index (κ2) is 6.59. The minimum absolute atomic E-state index is 0.0424. The minimum Gasteiger partial charge on any atom is -0.306 e. The van der Waals surface area contributed by atoms with Gasteiger partial charge in [-0.1, -0.05) is 18.2 Å². The van der Waals surface area contributed by atoms with Crippen LogP contribution in [0, 0.1) is 0 Å². The molecular weight excluding hydrogens is 324 g/mol. The topological polar surface area (TPSA) is 67.2 Å². The Balaban J connectivity index is 1.89. The zero-order valence-electron chi connectivity index (χ0n) is 12.7. The summed E-state index contributed by atoms with van der Waals surface area (Å²) in [5.74, 6) is -0.925. The quantitative estimate of drug-likeness (QED) is 0.399. The van der Waals surface area contributed by atoms with Crippen LogP contribution in [0.4, 0.5) is 0 Å². The number of nitrogens with one attached hydrogen (secondary N) is 1. The number of imidazole rings is 1. The molecule has 6 nitrogen and oxygen atoms in total. The molecule has 1 aliphatic heterocycles. The summed E-state index contributed by atoms with van der Waals surface area (Å²) in [5.41, 5.74) is 1.72. The number of nitrogens with zero attached hydrogens (tertiary/aromatic N) is 3. The fourth-order valence-electron chi connectivity index (χ4n) is 2.31. The third-order valence-corrected chi connectivity index (χ3v) is 3.83. The van der Waals surface area contributed by atoms with Crippen molar-refractivity contribution in [1.82, 2.24) is 19.8 Å². The van der Waals surface area contributed by atoms with Gasteiger partial charge in [0.2, 0.25) is 0 Å². The van der Waals surface area contributed by atoms with Crippen LogP contribution in [0.15, 0.2) is 61.2 Å². The van der Waals surface area contributed by atoms with Crippen LogP contribution >= 0.6 is 12.2 Å². The Labute approximate surface area is 144 Å². The van der Waals surface area contributed by atoms with Crippen LogP contribution in [0.25, 0.3) is 11.8 Å². The second-order valence-corrected chi connectivity index (χ2v) is 5.47. The van der Waals surface area contributed by atoms with Crippen molar-refractivity contribution in [3.05, 3.63) is 66.8 Å². The van der Waals surface area contributed by atoms with Crippen molar-refractivity contribution in [1.29, 1.82) is 0 Å². The van der Waals surface area contributed by atoms with Gasteiger partial charge in [0.15, 0.2) is 5.11 Å². The highest BCUT2D eigenvalue weighted by atomic mass is 32.1. The van der Waals surface area contributed by atoms with E-state index in [1.807, 2.05) is 35.0 Å². The monoisotopic (exact) mass is 338 g/mol. The second-order valence-electron chi connectivity index (χ2n) is 5.08. The minimum atomic E-state index is -0.496. The Bertz CT molecular complexity index is 838. The molecule has 1 aromatic heterocycles. The zero-order chi connectivity index (χ0) is 17.1. The van der Waals surface area contributed by atoms with E-state index < -0.39 is 11.8 Å². The van der Waals surface area contributed by atoms with Crippen LogP contribution in [0.1, 0.15) is 5.56 Å². The van der Waals surface area contributed by atoms with Crippen LogP contribution < -0.4 is 5.32 Å². The lowest BCUT2D eigenvalue weighted by Gasteiger charge is -2.27. The first-order valence-corrected chi connectivity index (χ1v) is 7.59. The van der Waals surface area contributed by atoms with Crippen molar-refractivity contribution in [3.63, 3.8) is 0 Å². The molecule has 1 N–H and O–H groups in total. The third kappa shape index (κ3) is 3.02. The smallest absolute Gasteiger partial charge is 0.265 e. The van der Waals surface area contributed by atoms with Crippen LogP contribution in [0.5, 0.6) is 0 Å². The van der Waals surface area contributed by atoms with Crippen molar-refractivity contribution in [2.75, 3.05) is 6.54 Å². The number of rotatable bonds is 4. The maximum Gasteiger partial charge on any atom is 0.265 e. The Hall–Kier alpha value is -3.06. The predicted molar refractivity (Wildman–Crippen MR) is 94.2 cm³/mol. The van der Waals surface area contributed by atoms with Gasteiger partial charge in [-0.05, 0) is 36.0 Å². The standard InChI is InChI=1S/C17H14N4O2S/c1-2-8-21-16(23)14(15(22)19-17(21)24)10-12-3-5-13(6-4-12)20-9-7-18-11-20/h2-7,9-11H,1,8H2,(H,19,22,24). The molecule has 1 fully saturated rings. The van der Waals surface area contributed by atoms with E-state index in [4.69, 9.17) is 12.2 Å². The molecule has 1 aliphatic rings. The molecule has 120 valence electrons. The number of carbonyl (C=O) groups is 2. The first-order chi connectivity index (χ1) is 11.6.